The quantitative estimate of drug-likeness (QED) is 0.493. The summed E-state index contributed by atoms with van der Waals surface area (Å²) in [4.78, 5) is 14.5. The number of carbonyl (C=O) groups is 1. The molecule has 3 aromatic rings. The predicted octanol–water partition coefficient (Wildman–Crippen LogP) is 3.68. The number of likely N-dealkylation sites (N-methyl/N-ethyl adjacent to an activating group) is 1. The zero-order valence-corrected chi connectivity index (χ0v) is 18.8. The van der Waals surface area contributed by atoms with E-state index in [9.17, 15) is 17.6 Å². The summed E-state index contributed by atoms with van der Waals surface area (Å²) in [5, 5.41) is 0. The fourth-order valence-electron chi connectivity index (χ4n) is 3.13. The number of hydrogen-bond donors (Lipinski definition) is 0. The standard InChI is InChI=1S/C24H25FN2O4S/c1-26(16-19-10-14-22(31-2)15-11-19)24(28)18-27(17-20-8-12-21(25)13-9-20)32(29,30)23-6-4-3-5-7-23/h3-15H,16-18H2,1-2H3. The normalized spacial score (nSPS) is 11.4. The first-order chi connectivity index (χ1) is 15.3. The largest absolute Gasteiger partial charge is 0.497 e. The Bertz CT molecular complexity index is 1130. The number of carbonyl (C=O) groups excluding carboxylic acids is 1. The summed E-state index contributed by atoms with van der Waals surface area (Å²) in [5.41, 5.74) is 1.47. The van der Waals surface area contributed by atoms with Crippen molar-refractivity contribution in [3.63, 3.8) is 0 Å². The molecule has 0 aliphatic heterocycles. The van der Waals surface area contributed by atoms with Crippen LogP contribution < -0.4 is 4.74 Å². The lowest BCUT2D eigenvalue weighted by atomic mass is 10.2. The Morgan fingerprint density at radius 3 is 2.03 bits per heavy atom. The number of methoxy groups -OCH3 is 1. The molecule has 3 aromatic carbocycles. The molecule has 0 heterocycles. The maximum atomic E-state index is 13.3. The van der Waals surface area contributed by atoms with E-state index in [1.54, 1.807) is 44.5 Å². The number of ether oxygens (including phenoxy) is 1. The number of amides is 1. The molecule has 0 aliphatic carbocycles. The molecule has 0 unspecified atom stereocenters. The highest BCUT2D eigenvalue weighted by Crippen LogP contribution is 2.19. The zero-order chi connectivity index (χ0) is 23.1. The van der Waals surface area contributed by atoms with Gasteiger partial charge in [0, 0.05) is 20.1 Å². The first-order valence-corrected chi connectivity index (χ1v) is 11.4. The second-order valence-electron chi connectivity index (χ2n) is 7.31. The Kier molecular flexibility index (Phi) is 7.61. The van der Waals surface area contributed by atoms with E-state index in [-0.39, 0.29) is 23.9 Å². The minimum absolute atomic E-state index is 0.0559. The number of halogens is 1. The Labute approximate surface area is 187 Å². The SMILES string of the molecule is COc1ccc(CN(C)C(=O)CN(Cc2ccc(F)cc2)S(=O)(=O)c2ccccc2)cc1. The van der Waals surface area contributed by atoms with Gasteiger partial charge in [-0.25, -0.2) is 12.8 Å². The van der Waals surface area contributed by atoms with Crippen LogP contribution in [0.15, 0.2) is 83.8 Å². The topological polar surface area (TPSA) is 66.9 Å². The average molecular weight is 457 g/mol. The van der Waals surface area contributed by atoms with Crippen LogP contribution in [-0.2, 0) is 27.9 Å². The molecular weight excluding hydrogens is 431 g/mol. The highest BCUT2D eigenvalue weighted by atomic mass is 32.2. The lowest BCUT2D eigenvalue weighted by Crippen LogP contribution is -2.40. The number of benzene rings is 3. The van der Waals surface area contributed by atoms with E-state index in [1.807, 2.05) is 12.1 Å². The lowest BCUT2D eigenvalue weighted by molar-refractivity contribution is -0.130. The van der Waals surface area contributed by atoms with Gasteiger partial charge in [0.25, 0.3) is 0 Å². The van der Waals surface area contributed by atoms with Gasteiger partial charge in [0.05, 0.1) is 18.6 Å². The van der Waals surface area contributed by atoms with Gasteiger partial charge in [-0.05, 0) is 47.5 Å². The minimum atomic E-state index is -3.94. The van der Waals surface area contributed by atoms with E-state index < -0.39 is 15.8 Å². The van der Waals surface area contributed by atoms with E-state index in [0.717, 1.165) is 9.87 Å². The van der Waals surface area contributed by atoms with E-state index >= 15 is 0 Å². The Balaban J connectivity index is 1.80. The van der Waals surface area contributed by atoms with E-state index in [2.05, 4.69) is 0 Å². The zero-order valence-electron chi connectivity index (χ0n) is 17.9. The summed E-state index contributed by atoms with van der Waals surface area (Å²) in [5.74, 6) is -0.0638. The molecule has 0 atom stereocenters. The van der Waals surface area contributed by atoms with Crippen molar-refractivity contribution in [3.05, 3.63) is 95.8 Å². The second-order valence-corrected chi connectivity index (χ2v) is 9.25. The number of nitrogens with zero attached hydrogens (tertiary/aromatic N) is 2. The van der Waals surface area contributed by atoms with Crippen molar-refractivity contribution in [2.45, 2.75) is 18.0 Å². The van der Waals surface area contributed by atoms with Gasteiger partial charge in [0.1, 0.15) is 11.6 Å². The maximum Gasteiger partial charge on any atom is 0.243 e. The van der Waals surface area contributed by atoms with Gasteiger partial charge in [-0.1, -0.05) is 42.5 Å². The van der Waals surface area contributed by atoms with Crippen molar-refractivity contribution >= 4 is 15.9 Å². The molecule has 0 saturated heterocycles. The minimum Gasteiger partial charge on any atom is -0.497 e. The Morgan fingerprint density at radius 1 is 0.875 bits per heavy atom. The third-order valence-corrected chi connectivity index (χ3v) is 6.78. The van der Waals surface area contributed by atoms with Crippen LogP contribution in [0.25, 0.3) is 0 Å². The molecule has 0 saturated carbocycles. The first kappa shape index (κ1) is 23.4. The molecule has 0 radical (unpaired) electrons. The molecule has 0 fully saturated rings. The molecule has 0 bridgehead atoms. The van der Waals surface area contributed by atoms with Crippen LogP contribution in [0.4, 0.5) is 4.39 Å². The summed E-state index contributed by atoms with van der Waals surface area (Å²) in [6.07, 6.45) is 0. The molecule has 6 nitrogen and oxygen atoms in total. The summed E-state index contributed by atoms with van der Waals surface area (Å²) in [6, 6.07) is 20.8. The molecule has 32 heavy (non-hydrogen) atoms. The van der Waals surface area contributed by atoms with Crippen LogP contribution in [-0.4, -0.2) is 44.2 Å². The van der Waals surface area contributed by atoms with Gasteiger partial charge >= 0.3 is 0 Å². The van der Waals surface area contributed by atoms with Gasteiger partial charge in [0.2, 0.25) is 15.9 Å². The van der Waals surface area contributed by atoms with Gasteiger partial charge in [-0.2, -0.15) is 4.31 Å². The van der Waals surface area contributed by atoms with Crippen LogP contribution in [0, 0.1) is 5.82 Å². The lowest BCUT2D eigenvalue weighted by Gasteiger charge is -2.25. The monoisotopic (exact) mass is 456 g/mol. The van der Waals surface area contributed by atoms with Crippen molar-refractivity contribution in [1.29, 1.82) is 0 Å². The van der Waals surface area contributed by atoms with Crippen LogP contribution in [0.1, 0.15) is 11.1 Å². The number of hydrogen-bond acceptors (Lipinski definition) is 4. The number of sulfonamides is 1. The van der Waals surface area contributed by atoms with Crippen molar-refractivity contribution in [2.75, 3.05) is 20.7 Å². The Hall–Kier alpha value is -3.23. The molecule has 0 N–H and O–H groups in total. The highest BCUT2D eigenvalue weighted by molar-refractivity contribution is 7.89. The molecule has 1 amide bonds. The summed E-state index contributed by atoms with van der Waals surface area (Å²) >= 11 is 0. The van der Waals surface area contributed by atoms with Crippen molar-refractivity contribution < 1.29 is 22.3 Å². The van der Waals surface area contributed by atoms with Gasteiger partial charge < -0.3 is 9.64 Å². The third-order valence-electron chi connectivity index (χ3n) is 4.97. The molecular formula is C24H25FN2O4S. The fourth-order valence-corrected chi connectivity index (χ4v) is 4.52. The number of rotatable bonds is 9. The summed E-state index contributed by atoms with van der Waals surface area (Å²) < 4.78 is 46.1. The molecule has 0 spiro atoms. The second kappa shape index (κ2) is 10.4. The molecule has 0 aliphatic rings. The molecule has 168 valence electrons. The molecule has 0 aromatic heterocycles. The third kappa shape index (κ3) is 5.93. The van der Waals surface area contributed by atoms with E-state index in [0.29, 0.717) is 17.9 Å². The summed E-state index contributed by atoms with van der Waals surface area (Å²) in [7, 11) is -0.745. The van der Waals surface area contributed by atoms with Crippen molar-refractivity contribution in [3.8, 4) is 5.75 Å². The van der Waals surface area contributed by atoms with Gasteiger partial charge in [-0.15, -0.1) is 0 Å². The highest BCUT2D eigenvalue weighted by Gasteiger charge is 2.28. The van der Waals surface area contributed by atoms with Crippen LogP contribution in [0.3, 0.4) is 0 Å². The first-order valence-electron chi connectivity index (χ1n) is 9.96. The average Bonchev–Trinajstić information content (AvgIpc) is 2.81. The van der Waals surface area contributed by atoms with Crippen LogP contribution >= 0.6 is 0 Å². The Morgan fingerprint density at radius 2 is 1.44 bits per heavy atom. The van der Waals surface area contributed by atoms with Crippen molar-refractivity contribution in [2.24, 2.45) is 0 Å². The van der Waals surface area contributed by atoms with Gasteiger partial charge in [-0.3, -0.25) is 4.79 Å². The van der Waals surface area contributed by atoms with E-state index in [1.165, 1.54) is 41.3 Å². The predicted molar refractivity (Wildman–Crippen MR) is 120 cm³/mol. The molecule has 3 rings (SSSR count). The van der Waals surface area contributed by atoms with Crippen LogP contribution in [0.5, 0.6) is 5.75 Å². The molecule has 8 heteroatoms. The maximum absolute atomic E-state index is 13.3. The fraction of sp³-hybridized carbons (Fsp3) is 0.208. The summed E-state index contributed by atoms with van der Waals surface area (Å²) in [6.45, 7) is -0.0838. The van der Waals surface area contributed by atoms with Crippen molar-refractivity contribution in [1.82, 2.24) is 9.21 Å². The van der Waals surface area contributed by atoms with Crippen LogP contribution in [0.2, 0.25) is 0 Å². The van der Waals surface area contributed by atoms with Gasteiger partial charge in [0.15, 0.2) is 0 Å². The smallest absolute Gasteiger partial charge is 0.243 e. The van der Waals surface area contributed by atoms with E-state index in [4.69, 9.17) is 4.74 Å².